The lowest BCUT2D eigenvalue weighted by Gasteiger charge is -2.12. The van der Waals surface area contributed by atoms with Crippen molar-refractivity contribution in [3.8, 4) is 5.75 Å². The van der Waals surface area contributed by atoms with Gasteiger partial charge in [-0.15, -0.1) is 0 Å². The predicted molar refractivity (Wildman–Crippen MR) is 51.8 cm³/mol. The van der Waals surface area contributed by atoms with Crippen LogP contribution in [0, 0.1) is 0 Å². The minimum absolute atomic E-state index is 0.0841. The van der Waals surface area contributed by atoms with E-state index in [9.17, 15) is 13.2 Å². The van der Waals surface area contributed by atoms with Crippen LogP contribution in [0.4, 0.5) is 18.9 Å². The summed E-state index contributed by atoms with van der Waals surface area (Å²) in [6.07, 6.45) is -4.63. The minimum Gasteiger partial charge on any atom is -0.497 e. The molecule has 0 radical (unpaired) electrons. The van der Waals surface area contributed by atoms with Crippen LogP contribution in [0.3, 0.4) is 0 Å². The Bertz CT molecular complexity index is 455. The zero-order valence-corrected chi connectivity index (χ0v) is 8.67. The molecule has 0 aromatic heterocycles. The van der Waals surface area contributed by atoms with Gasteiger partial charge in [0.1, 0.15) is 5.75 Å². The number of methoxy groups -OCH3 is 1. The van der Waals surface area contributed by atoms with Crippen LogP contribution in [0.2, 0.25) is 5.02 Å². The fraction of sp³-hybridized carbons (Fsp3) is 0.250. The first-order valence-electron chi connectivity index (χ1n) is 3.90. The molecule has 0 bridgehead atoms. The van der Waals surface area contributed by atoms with Gasteiger partial charge < -0.3 is 4.74 Å². The van der Waals surface area contributed by atoms with Gasteiger partial charge in [0.25, 0.3) is 0 Å². The molecular weight excluding hydrogens is 247 g/mol. The Kier molecular flexibility index (Phi) is 3.51. The van der Waals surface area contributed by atoms with Crippen LogP contribution in [0.5, 0.6) is 5.75 Å². The molecule has 1 aromatic carbocycles. The molecule has 0 aliphatic heterocycles. The lowest BCUT2D eigenvalue weighted by Crippen LogP contribution is -2.06. The second-order valence-corrected chi connectivity index (χ2v) is 3.07. The van der Waals surface area contributed by atoms with Crippen molar-refractivity contribution < 1.29 is 17.9 Å². The fourth-order valence-electron chi connectivity index (χ4n) is 1.03. The van der Waals surface area contributed by atoms with Crippen LogP contribution < -0.4 is 4.74 Å². The molecular formula is C8H5ClF3N3O. The van der Waals surface area contributed by atoms with E-state index in [1.807, 2.05) is 0 Å². The topological polar surface area (TPSA) is 58.0 Å². The second-order valence-electron chi connectivity index (χ2n) is 2.70. The molecule has 4 nitrogen and oxygen atoms in total. The molecule has 1 rings (SSSR count). The summed E-state index contributed by atoms with van der Waals surface area (Å²) in [5.74, 6) is -0.0841. The highest BCUT2D eigenvalue weighted by Gasteiger charge is 2.34. The monoisotopic (exact) mass is 251 g/mol. The molecule has 0 spiro atoms. The smallest absolute Gasteiger partial charge is 0.417 e. The minimum atomic E-state index is -4.63. The van der Waals surface area contributed by atoms with Gasteiger partial charge in [0, 0.05) is 4.91 Å². The number of azide groups is 1. The quantitative estimate of drug-likeness (QED) is 0.439. The Morgan fingerprint density at radius 3 is 2.50 bits per heavy atom. The first-order valence-corrected chi connectivity index (χ1v) is 4.27. The van der Waals surface area contributed by atoms with Gasteiger partial charge in [-0.2, -0.15) is 13.2 Å². The predicted octanol–water partition coefficient (Wildman–Crippen LogP) is 4.31. The van der Waals surface area contributed by atoms with Crippen LogP contribution in [0.25, 0.3) is 10.4 Å². The maximum atomic E-state index is 12.5. The maximum absolute atomic E-state index is 12.5. The van der Waals surface area contributed by atoms with E-state index in [1.54, 1.807) is 0 Å². The van der Waals surface area contributed by atoms with Crippen LogP contribution in [0.15, 0.2) is 17.2 Å². The molecule has 1 aromatic rings. The van der Waals surface area contributed by atoms with Gasteiger partial charge >= 0.3 is 6.18 Å². The van der Waals surface area contributed by atoms with Crippen molar-refractivity contribution in [3.05, 3.63) is 33.2 Å². The number of halogens is 4. The standard InChI is InChI=1S/C8H5ClF3N3O/c1-16-4-2-5(8(10,11)12)7(9)6(3-4)14-15-13/h2-3H,1H3. The lowest BCUT2D eigenvalue weighted by molar-refractivity contribution is -0.137. The molecule has 0 heterocycles. The molecule has 0 aliphatic rings. The Balaban J connectivity index is 3.49. The summed E-state index contributed by atoms with van der Waals surface area (Å²) < 4.78 is 42.2. The molecule has 0 atom stereocenters. The van der Waals surface area contributed by atoms with Gasteiger partial charge in [-0.3, -0.25) is 0 Å². The van der Waals surface area contributed by atoms with E-state index in [0.717, 1.165) is 12.1 Å². The van der Waals surface area contributed by atoms with Gasteiger partial charge in [0.2, 0.25) is 0 Å². The second kappa shape index (κ2) is 4.51. The first-order chi connectivity index (χ1) is 7.40. The number of ether oxygens (including phenoxy) is 1. The van der Waals surface area contributed by atoms with E-state index in [1.165, 1.54) is 7.11 Å². The van der Waals surface area contributed by atoms with Crippen LogP contribution in [-0.2, 0) is 6.18 Å². The van der Waals surface area contributed by atoms with E-state index in [-0.39, 0.29) is 11.4 Å². The lowest BCUT2D eigenvalue weighted by atomic mass is 10.2. The zero-order chi connectivity index (χ0) is 12.3. The molecule has 0 N–H and O–H groups in total. The van der Waals surface area contributed by atoms with Crippen molar-refractivity contribution in [1.82, 2.24) is 0 Å². The van der Waals surface area contributed by atoms with Crippen molar-refractivity contribution in [3.63, 3.8) is 0 Å². The number of rotatable bonds is 2. The SMILES string of the molecule is COc1cc(N=[N+]=[N-])c(Cl)c(C(F)(F)F)c1. The third kappa shape index (κ3) is 2.50. The first kappa shape index (κ1) is 12.5. The summed E-state index contributed by atoms with van der Waals surface area (Å²) in [7, 11) is 1.20. The number of nitrogens with zero attached hydrogens (tertiary/aromatic N) is 3. The van der Waals surface area contributed by atoms with Crippen molar-refractivity contribution in [2.24, 2.45) is 5.11 Å². The maximum Gasteiger partial charge on any atom is 0.417 e. The Morgan fingerprint density at radius 1 is 1.44 bits per heavy atom. The molecule has 0 saturated heterocycles. The summed E-state index contributed by atoms with van der Waals surface area (Å²) in [6.45, 7) is 0. The van der Waals surface area contributed by atoms with Crippen LogP contribution in [-0.4, -0.2) is 7.11 Å². The van der Waals surface area contributed by atoms with E-state index >= 15 is 0 Å². The summed E-state index contributed by atoms with van der Waals surface area (Å²) >= 11 is 5.46. The van der Waals surface area contributed by atoms with Crippen LogP contribution >= 0.6 is 11.6 Å². The number of hydrogen-bond acceptors (Lipinski definition) is 2. The molecule has 0 aliphatic carbocycles. The Hall–Kier alpha value is -1.59. The largest absolute Gasteiger partial charge is 0.497 e. The molecule has 0 saturated carbocycles. The number of hydrogen-bond donors (Lipinski definition) is 0. The fourth-order valence-corrected chi connectivity index (χ4v) is 1.28. The van der Waals surface area contributed by atoms with Gasteiger partial charge in [0.15, 0.2) is 0 Å². The van der Waals surface area contributed by atoms with E-state index < -0.39 is 16.8 Å². The van der Waals surface area contributed by atoms with Crippen molar-refractivity contribution in [2.75, 3.05) is 7.11 Å². The van der Waals surface area contributed by atoms with Crippen LogP contribution in [0.1, 0.15) is 5.56 Å². The molecule has 16 heavy (non-hydrogen) atoms. The molecule has 0 unspecified atom stereocenters. The average molecular weight is 252 g/mol. The highest BCUT2D eigenvalue weighted by atomic mass is 35.5. The Morgan fingerprint density at radius 2 is 2.06 bits per heavy atom. The van der Waals surface area contributed by atoms with Crippen molar-refractivity contribution in [2.45, 2.75) is 6.18 Å². The molecule has 86 valence electrons. The highest BCUT2D eigenvalue weighted by molar-refractivity contribution is 6.33. The zero-order valence-electron chi connectivity index (χ0n) is 7.92. The van der Waals surface area contributed by atoms with E-state index in [0.29, 0.717) is 0 Å². The van der Waals surface area contributed by atoms with Gasteiger partial charge in [-0.05, 0) is 17.7 Å². The number of benzene rings is 1. The molecule has 0 amide bonds. The van der Waals surface area contributed by atoms with Gasteiger partial charge in [-0.1, -0.05) is 16.7 Å². The average Bonchev–Trinajstić information content (AvgIpc) is 2.19. The van der Waals surface area contributed by atoms with Gasteiger partial charge in [0.05, 0.1) is 23.4 Å². The Labute approximate surface area is 93.2 Å². The molecule has 0 fully saturated rings. The van der Waals surface area contributed by atoms with E-state index in [4.69, 9.17) is 17.1 Å². The van der Waals surface area contributed by atoms with E-state index in [2.05, 4.69) is 14.8 Å². The molecule has 8 heteroatoms. The third-order valence-electron chi connectivity index (χ3n) is 1.72. The number of alkyl halides is 3. The summed E-state index contributed by atoms with van der Waals surface area (Å²) in [5.41, 5.74) is 6.75. The normalized spacial score (nSPS) is 10.8. The summed E-state index contributed by atoms with van der Waals surface area (Å²) in [4.78, 5) is 2.38. The van der Waals surface area contributed by atoms with Crippen molar-refractivity contribution in [1.29, 1.82) is 0 Å². The summed E-state index contributed by atoms with van der Waals surface area (Å²) in [6, 6.07) is 1.86. The van der Waals surface area contributed by atoms with Gasteiger partial charge in [-0.25, -0.2) is 0 Å². The third-order valence-corrected chi connectivity index (χ3v) is 2.12. The summed E-state index contributed by atoms with van der Waals surface area (Å²) in [5, 5.41) is 2.41. The highest BCUT2D eigenvalue weighted by Crippen LogP contribution is 2.42. The van der Waals surface area contributed by atoms with Crippen molar-refractivity contribution >= 4 is 17.3 Å².